The first-order chi connectivity index (χ1) is 22.2. The van der Waals surface area contributed by atoms with E-state index in [0.29, 0.717) is 44.9 Å². The van der Waals surface area contributed by atoms with Crippen molar-refractivity contribution >= 4 is 11.9 Å². The highest BCUT2D eigenvalue weighted by atomic mass is 16.7. The van der Waals surface area contributed by atoms with Crippen molar-refractivity contribution in [3.63, 3.8) is 0 Å². The Kier molecular flexibility index (Phi) is 8.61. The molecular weight excluding hydrogens is 624 g/mol. The molecule has 0 radical (unpaired) electrons. The van der Waals surface area contributed by atoms with E-state index in [1.807, 2.05) is 6.92 Å². The van der Waals surface area contributed by atoms with Crippen LogP contribution in [0.2, 0.25) is 0 Å². The number of aliphatic hydroxyl groups is 7. The van der Waals surface area contributed by atoms with Gasteiger partial charge in [0, 0.05) is 5.92 Å². The second-order valence-corrected chi connectivity index (χ2v) is 17.5. The molecule has 5 aliphatic carbocycles. The van der Waals surface area contributed by atoms with Gasteiger partial charge in [0.15, 0.2) is 0 Å². The fourth-order valence-electron chi connectivity index (χ4n) is 12.3. The van der Waals surface area contributed by atoms with Crippen molar-refractivity contribution in [1.29, 1.82) is 0 Å². The molecule has 0 bridgehead atoms. The predicted octanol–water partition coefficient (Wildman–Crippen LogP) is 1.50. The van der Waals surface area contributed by atoms with E-state index in [0.717, 1.165) is 5.57 Å². The standard InChI is InChI=1S/C36H56O12/c1-17-9-12-36(30(45)48-28-25(41)24(40)23(39)20(16-37)47-28)14-13-32(3)18(26(36)35(17,6)46)7-8-21-31(2)15-19(38)27(42)34(5,29(43)44)22(31)10-11-33(21,32)4/h7,17,19-28,37-42,46H,8-16H2,1-6H3,(H,43,44)/t17-,19-,20-,21-,22-,23-,24+,25-,26-,27+,28+,31-,32-,33-,34+,35-,36+/m0/s1. The average Bonchev–Trinajstić information content (AvgIpc) is 3.02. The Bertz CT molecular complexity index is 1350. The van der Waals surface area contributed by atoms with Crippen molar-refractivity contribution in [2.45, 2.75) is 141 Å². The number of carboxylic acids is 1. The van der Waals surface area contributed by atoms with Crippen LogP contribution >= 0.6 is 0 Å². The minimum atomic E-state index is -1.75. The molecule has 272 valence electrons. The van der Waals surface area contributed by atoms with Gasteiger partial charge >= 0.3 is 11.9 Å². The van der Waals surface area contributed by atoms with Gasteiger partial charge in [-0.05, 0) is 99.2 Å². The Morgan fingerprint density at radius 2 is 1.58 bits per heavy atom. The number of ether oxygens (including phenoxy) is 2. The molecule has 12 heteroatoms. The van der Waals surface area contributed by atoms with Gasteiger partial charge in [0.1, 0.15) is 24.4 Å². The molecule has 1 heterocycles. The second-order valence-electron chi connectivity index (χ2n) is 17.5. The first-order valence-corrected chi connectivity index (χ1v) is 17.7. The Morgan fingerprint density at radius 3 is 2.21 bits per heavy atom. The minimum absolute atomic E-state index is 0.0437. The number of hydrogen-bond donors (Lipinski definition) is 8. The largest absolute Gasteiger partial charge is 0.481 e. The van der Waals surface area contributed by atoms with E-state index in [1.54, 1.807) is 13.8 Å². The molecular formula is C36H56O12. The first kappa shape index (κ1) is 36.2. The molecule has 6 aliphatic rings. The summed E-state index contributed by atoms with van der Waals surface area (Å²) in [5, 5.41) is 85.9. The van der Waals surface area contributed by atoms with Gasteiger partial charge in [-0.2, -0.15) is 0 Å². The van der Waals surface area contributed by atoms with Crippen LogP contribution in [0.25, 0.3) is 0 Å². The Balaban J connectivity index is 1.41. The molecule has 48 heavy (non-hydrogen) atoms. The Hall–Kier alpha value is -1.64. The maximum atomic E-state index is 14.5. The number of aliphatic hydroxyl groups excluding tert-OH is 6. The Morgan fingerprint density at radius 1 is 0.917 bits per heavy atom. The number of rotatable bonds is 4. The van der Waals surface area contributed by atoms with E-state index < -0.39 is 100 Å². The molecule has 0 aromatic rings. The van der Waals surface area contributed by atoms with Crippen LogP contribution in [0.3, 0.4) is 0 Å². The van der Waals surface area contributed by atoms with Gasteiger partial charge in [-0.15, -0.1) is 0 Å². The van der Waals surface area contributed by atoms with Gasteiger partial charge in [-0.25, -0.2) is 0 Å². The molecule has 0 aromatic carbocycles. The third kappa shape index (κ3) is 4.49. The number of hydrogen-bond acceptors (Lipinski definition) is 11. The molecule has 6 rings (SSSR count). The van der Waals surface area contributed by atoms with Crippen LogP contribution in [-0.4, -0.2) is 108 Å². The third-order valence-electron chi connectivity index (χ3n) is 15.6. The molecule has 17 atom stereocenters. The predicted molar refractivity (Wildman–Crippen MR) is 170 cm³/mol. The summed E-state index contributed by atoms with van der Waals surface area (Å²) in [4.78, 5) is 27.2. The molecule has 12 nitrogen and oxygen atoms in total. The van der Waals surface area contributed by atoms with E-state index in [2.05, 4.69) is 26.8 Å². The fraction of sp³-hybridized carbons (Fsp3) is 0.889. The normalized spacial score (nSPS) is 56.4. The average molecular weight is 681 g/mol. The van der Waals surface area contributed by atoms with Crippen LogP contribution in [-0.2, 0) is 19.1 Å². The molecule has 0 spiro atoms. The van der Waals surface area contributed by atoms with Gasteiger partial charge in [0.05, 0.1) is 35.2 Å². The van der Waals surface area contributed by atoms with Crippen molar-refractivity contribution in [2.24, 2.45) is 50.7 Å². The van der Waals surface area contributed by atoms with E-state index in [-0.39, 0.29) is 24.2 Å². The van der Waals surface area contributed by atoms with Gasteiger partial charge in [0.2, 0.25) is 6.29 Å². The van der Waals surface area contributed by atoms with Crippen molar-refractivity contribution in [3.8, 4) is 0 Å². The van der Waals surface area contributed by atoms with Crippen LogP contribution < -0.4 is 0 Å². The lowest BCUT2D eigenvalue weighted by Gasteiger charge is -2.71. The smallest absolute Gasteiger partial charge is 0.315 e. The summed E-state index contributed by atoms with van der Waals surface area (Å²) < 4.78 is 11.4. The highest BCUT2D eigenvalue weighted by Gasteiger charge is 2.73. The van der Waals surface area contributed by atoms with Gasteiger partial charge in [0.25, 0.3) is 0 Å². The van der Waals surface area contributed by atoms with Crippen LogP contribution in [0.5, 0.6) is 0 Å². The monoisotopic (exact) mass is 680 g/mol. The molecule has 0 aromatic heterocycles. The lowest BCUT2D eigenvalue weighted by Crippen LogP contribution is -2.70. The van der Waals surface area contributed by atoms with E-state index in [4.69, 9.17) is 9.47 Å². The highest BCUT2D eigenvalue weighted by Crippen LogP contribution is 2.76. The number of carbonyl (C=O) groups excluding carboxylic acids is 1. The molecule has 4 saturated carbocycles. The van der Waals surface area contributed by atoms with Gasteiger partial charge in [-0.3, -0.25) is 9.59 Å². The highest BCUT2D eigenvalue weighted by molar-refractivity contribution is 5.79. The maximum absolute atomic E-state index is 14.5. The number of esters is 1. The zero-order valence-corrected chi connectivity index (χ0v) is 29.0. The lowest BCUT2D eigenvalue weighted by atomic mass is 9.33. The summed E-state index contributed by atoms with van der Waals surface area (Å²) in [6, 6.07) is 0. The SMILES string of the molecule is C[C@H]1CC[C@@]2(C(=O)O[C@H]3O[C@@H](CO)[C@H](O)[C@@H](O)[C@@H]3O)CC[C@@]3(C)C(=CC[C@H]4[C@]5(C)C[C@H](O)[C@@H](O)[C@](C)(C(=O)O)[C@H]5CC[C@@]43C)[C@H]2[C@@]1(C)O. The maximum Gasteiger partial charge on any atom is 0.315 e. The Labute approximate surface area is 282 Å². The second kappa shape index (κ2) is 11.4. The molecule has 8 N–H and O–H groups in total. The number of aliphatic carboxylic acids is 1. The summed E-state index contributed by atoms with van der Waals surface area (Å²) in [5.74, 6) is -3.01. The van der Waals surface area contributed by atoms with Gasteiger partial charge in [-0.1, -0.05) is 39.3 Å². The summed E-state index contributed by atoms with van der Waals surface area (Å²) in [5.41, 5.74) is -4.57. The third-order valence-corrected chi connectivity index (χ3v) is 15.6. The van der Waals surface area contributed by atoms with Crippen molar-refractivity contribution in [1.82, 2.24) is 0 Å². The zero-order valence-electron chi connectivity index (χ0n) is 29.0. The number of allylic oxidation sites excluding steroid dienone is 1. The topological polar surface area (TPSA) is 214 Å². The summed E-state index contributed by atoms with van der Waals surface area (Å²) in [6.45, 7) is 11.2. The van der Waals surface area contributed by atoms with Crippen LogP contribution in [0, 0.1) is 50.7 Å². The van der Waals surface area contributed by atoms with E-state index in [1.165, 1.54) is 0 Å². The molecule has 1 saturated heterocycles. The van der Waals surface area contributed by atoms with E-state index >= 15 is 0 Å². The summed E-state index contributed by atoms with van der Waals surface area (Å²) in [6.07, 6.45) is -4.43. The van der Waals surface area contributed by atoms with Crippen molar-refractivity contribution in [3.05, 3.63) is 11.6 Å². The molecule has 0 unspecified atom stereocenters. The lowest BCUT2D eigenvalue weighted by molar-refractivity contribution is -0.299. The molecule has 1 aliphatic heterocycles. The molecule has 0 amide bonds. The number of carboxylic acid groups (broad SMARTS) is 1. The van der Waals surface area contributed by atoms with Crippen LogP contribution in [0.15, 0.2) is 11.6 Å². The number of fused-ring (bicyclic) bond motifs is 7. The molecule has 5 fully saturated rings. The summed E-state index contributed by atoms with van der Waals surface area (Å²) >= 11 is 0. The zero-order chi connectivity index (χ0) is 35.6. The van der Waals surface area contributed by atoms with Gasteiger partial charge < -0.3 is 50.3 Å². The van der Waals surface area contributed by atoms with Crippen molar-refractivity contribution < 1.29 is 59.9 Å². The van der Waals surface area contributed by atoms with Crippen molar-refractivity contribution in [2.75, 3.05) is 6.61 Å². The fourth-order valence-corrected chi connectivity index (χ4v) is 12.3. The van der Waals surface area contributed by atoms with Crippen LogP contribution in [0.1, 0.15) is 92.9 Å². The minimum Gasteiger partial charge on any atom is -0.481 e. The quantitative estimate of drug-likeness (QED) is 0.157. The van der Waals surface area contributed by atoms with Crippen LogP contribution in [0.4, 0.5) is 0 Å². The first-order valence-electron chi connectivity index (χ1n) is 17.7. The number of carbonyl (C=O) groups is 2. The van der Waals surface area contributed by atoms with E-state index in [9.17, 15) is 50.4 Å². The summed E-state index contributed by atoms with van der Waals surface area (Å²) in [7, 11) is 0.